The summed E-state index contributed by atoms with van der Waals surface area (Å²) in [5, 5.41) is 20.6. The van der Waals surface area contributed by atoms with Crippen molar-refractivity contribution in [3.8, 4) is 0 Å². The average Bonchev–Trinajstić information content (AvgIpc) is 2.86. The van der Waals surface area contributed by atoms with Crippen LogP contribution in [0.5, 0.6) is 0 Å². The molecule has 1 aliphatic rings. The van der Waals surface area contributed by atoms with Gasteiger partial charge in [0.1, 0.15) is 11.7 Å². The standard InChI is InChI=1S/C15H12N2O4/c18-15(19)14-9-10-5-1-2-6-11(10)16(14)12-7-3-4-8-13(12)17(20)21/h1-8,14H,9H2,(H,18,19)/t14-/m1/s1. The van der Waals surface area contributed by atoms with Gasteiger partial charge in [-0.15, -0.1) is 0 Å². The highest BCUT2D eigenvalue weighted by atomic mass is 16.6. The molecule has 0 radical (unpaired) electrons. The monoisotopic (exact) mass is 284 g/mol. The van der Waals surface area contributed by atoms with Crippen molar-refractivity contribution in [3.63, 3.8) is 0 Å². The highest BCUT2D eigenvalue weighted by Gasteiger charge is 2.37. The van der Waals surface area contributed by atoms with Gasteiger partial charge in [0, 0.05) is 18.2 Å². The molecule has 2 aromatic rings. The van der Waals surface area contributed by atoms with Crippen LogP contribution in [-0.4, -0.2) is 22.0 Å². The highest BCUT2D eigenvalue weighted by molar-refractivity contribution is 5.89. The maximum atomic E-state index is 11.5. The summed E-state index contributed by atoms with van der Waals surface area (Å²) in [4.78, 5) is 23.8. The molecule has 2 aromatic carbocycles. The third-order valence-electron chi connectivity index (χ3n) is 3.60. The average molecular weight is 284 g/mol. The van der Waals surface area contributed by atoms with Crippen molar-refractivity contribution in [2.75, 3.05) is 4.90 Å². The number of nitrogens with zero attached hydrogens (tertiary/aromatic N) is 2. The number of carboxylic acids is 1. The number of hydrogen-bond acceptors (Lipinski definition) is 4. The van der Waals surface area contributed by atoms with Gasteiger partial charge < -0.3 is 10.0 Å². The zero-order valence-electron chi connectivity index (χ0n) is 11.0. The van der Waals surface area contributed by atoms with Crippen molar-refractivity contribution in [3.05, 3.63) is 64.2 Å². The summed E-state index contributed by atoms with van der Waals surface area (Å²) in [6, 6.07) is 12.6. The van der Waals surface area contributed by atoms with Crippen LogP contribution in [0.2, 0.25) is 0 Å². The second-order valence-corrected chi connectivity index (χ2v) is 4.80. The van der Waals surface area contributed by atoms with Crippen LogP contribution in [0.3, 0.4) is 0 Å². The first kappa shape index (κ1) is 13.1. The topological polar surface area (TPSA) is 83.7 Å². The second kappa shape index (κ2) is 4.90. The van der Waals surface area contributed by atoms with E-state index in [-0.39, 0.29) is 5.69 Å². The van der Waals surface area contributed by atoms with Gasteiger partial charge in [-0.05, 0) is 17.7 Å². The van der Waals surface area contributed by atoms with Gasteiger partial charge in [-0.3, -0.25) is 10.1 Å². The molecule has 0 fully saturated rings. The molecule has 3 rings (SSSR count). The summed E-state index contributed by atoms with van der Waals surface area (Å²) in [6.07, 6.45) is 0.331. The van der Waals surface area contributed by atoms with E-state index in [1.807, 2.05) is 12.1 Å². The van der Waals surface area contributed by atoms with Crippen molar-refractivity contribution < 1.29 is 14.8 Å². The molecule has 106 valence electrons. The number of carboxylic acid groups (broad SMARTS) is 1. The van der Waals surface area contributed by atoms with Crippen LogP contribution >= 0.6 is 0 Å². The molecule has 1 atom stereocenters. The van der Waals surface area contributed by atoms with Gasteiger partial charge in [-0.2, -0.15) is 0 Å². The van der Waals surface area contributed by atoms with Crippen molar-refractivity contribution >= 4 is 23.0 Å². The molecule has 6 nitrogen and oxygen atoms in total. The molecule has 1 heterocycles. The highest BCUT2D eigenvalue weighted by Crippen LogP contribution is 2.42. The first-order valence-electron chi connectivity index (χ1n) is 6.43. The van der Waals surface area contributed by atoms with Gasteiger partial charge in [0.2, 0.25) is 0 Å². The third-order valence-corrected chi connectivity index (χ3v) is 3.60. The minimum Gasteiger partial charge on any atom is -0.480 e. The van der Waals surface area contributed by atoms with Gasteiger partial charge >= 0.3 is 5.97 Å². The van der Waals surface area contributed by atoms with Crippen molar-refractivity contribution in [2.24, 2.45) is 0 Å². The van der Waals surface area contributed by atoms with Crippen LogP contribution in [0.15, 0.2) is 48.5 Å². The van der Waals surface area contributed by atoms with Crippen LogP contribution in [-0.2, 0) is 11.2 Å². The van der Waals surface area contributed by atoms with E-state index in [9.17, 15) is 20.0 Å². The van der Waals surface area contributed by atoms with Crippen LogP contribution in [0.4, 0.5) is 17.1 Å². The molecular formula is C15H12N2O4. The normalized spacial score (nSPS) is 16.6. The molecule has 21 heavy (non-hydrogen) atoms. The molecule has 6 heteroatoms. The predicted octanol–water partition coefficient (Wildman–Crippen LogP) is 2.74. The van der Waals surface area contributed by atoms with Crippen LogP contribution in [0.1, 0.15) is 5.56 Å². The second-order valence-electron chi connectivity index (χ2n) is 4.80. The molecule has 0 aliphatic carbocycles. The molecular weight excluding hydrogens is 272 g/mol. The minimum atomic E-state index is -0.996. The van der Waals surface area contributed by atoms with Crippen molar-refractivity contribution in [1.29, 1.82) is 0 Å². The Hall–Kier alpha value is -2.89. The zero-order chi connectivity index (χ0) is 15.0. The molecule has 0 bridgehead atoms. The number of fused-ring (bicyclic) bond motifs is 1. The summed E-state index contributed by atoms with van der Waals surface area (Å²) in [6.45, 7) is 0. The van der Waals surface area contributed by atoms with Crippen LogP contribution in [0, 0.1) is 10.1 Å². The fourth-order valence-corrected chi connectivity index (χ4v) is 2.70. The van der Waals surface area contributed by atoms with Gasteiger partial charge in [0.25, 0.3) is 5.69 Å². The summed E-state index contributed by atoms with van der Waals surface area (Å²) in [7, 11) is 0. The summed E-state index contributed by atoms with van der Waals surface area (Å²) in [5.41, 5.74) is 1.79. The van der Waals surface area contributed by atoms with Gasteiger partial charge in [-0.1, -0.05) is 30.3 Å². The Balaban J connectivity index is 2.19. The lowest BCUT2D eigenvalue weighted by Crippen LogP contribution is -2.35. The van der Waals surface area contributed by atoms with E-state index in [1.54, 1.807) is 30.3 Å². The third kappa shape index (κ3) is 2.10. The Morgan fingerprint density at radius 2 is 1.76 bits per heavy atom. The fourth-order valence-electron chi connectivity index (χ4n) is 2.70. The van der Waals surface area contributed by atoms with E-state index in [0.717, 1.165) is 5.56 Å². The number of benzene rings is 2. The number of anilines is 2. The number of rotatable bonds is 3. The van der Waals surface area contributed by atoms with E-state index in [0.29, 0.717) is 17.8 Å². The molecule has 0 unspecified atom stereocenters. The van der Waals surface area contributed by atoms with Crippen LogP contribution < -0.4 is 4.90 Å². The molecule has 0 saturated carbocycles. The lowest BCUT2D eigenvalue weighted by atomic mass is 10.1. The Labute approximate surface area is 120 Å². The minimum absolute atomic E-state index is 0.0968. The lowest BCUT2D eigenvalue weighted by Gasteiger charge is -2.24. The van der Waals surface area contributed by atoms with Gasteiger partial charge in [0.15, 0.2) is 0 Å². The first-order chi connectivity index (χ1) is 10.1. The Morgan fingerprint density at radius 3 is 2.43 bits per heavy atom. The number of para-hydroxylation sites is 3. The number of carbonyl (C=O) groups is 1. The van der Waals surface area contributed by atoms with E-state index >= 15 is 0 Å². The first-order valence-corrected chi connectivity index (χ1v) is 6.43. The van der Waals surface area contributed by atoms with Crippen LogP contribution in [0.25, 0.3) is 0 Å². The molecule has 1 N–H and O–H groups in total. The van der Waals surface area contributed by atoms with Gasteiger partial charge in [0.05, 0.1) is 4.92 Å². The van der Waals surface area contributed by atoms with E-state index in [4.69, 9.17) is 0 Å². The summed E-state index contributed by atoms with van der Waals surface area (Å²) >= 11 is 0. The van der Waals surface area contributed by atoms with Crippen molar-refractivity contribution in [1.82, 2.24) is 0 Å². The number of hydrogen-bond donors (Lipinski definition) is 1. The fraction of sp³-hybridized carbons (Fsp3) is 0.133. The number of aliphatic carboxylic acids is 1. The van der Waals surface area contributed by atoms with Gasteiger partial charge in [-0.25, -0.2) is 4.79 Å². The van der Waals surface area contributed by atoms with E-state index in [1.165, 1.54) is 11.0 Å². The molecule has 0 aromatic heterocycles. The summed E-state index contributed by atoms with van der Waals surface area (Å²) < 4.78 is 0. The quantitative estimate of drug-likeness (QED) is 0.692. The Kier molecular flexibility index (Phi) is 3.06. The molecule has 0 saturated heterocycles. The largest absolute Gasteiger partial charge is 0.480 e. The maximum Gasteiger partial charge on any atom is 0.327 e. The van der Waals surface area contributed by atoms with E-state index in [2.05, 4.69) is 0 Å². The van der Waals surface area contributed by atoms with Crippen molar-refractivity contribution in [2.45, 2.75) is 12.5 Å². The SMILES string of the molecule is O=C(O)[C@H]1Cc2ccccc2N1c1ccccc1[N+](=O)[O-]. The summed E-state index contributed by atoms with van der Waals surface area (Å²) in [5.74, 6) is -0.996. The number of nitro benzene ring substituents is 1. The smallest absolute Gasteiger partial charge is 0.327 e. The maximum absolute atomic E-state index is 11.5. The molecule has 0 spiro atoms. The Bertz CT molecular complexity index is 729. The van der Waals surface area contributed by atoms with E-state index < -0.39 is 16.9 Å². The molecule has 0 amide bonds. The predicted molar refractivity (Wildman–Crippen MR) is 76.8 cm³/mol. The zero-order valence-corrected chi connectivity index (χ0v) is 11.0. The lowest BCUT2D eigenvalue weighted by molar-refractivity contribution is -0.384. The number of nitro groups is 1. The molecule has 1 aliphatic heterocycles. The Morgan fingerprint density at radius 1 is 1.14 bits per heavy atom.